The molecule has 2 rings (SSSR count). The Bertz CT molecular complexity index is 438. The predicted molar refractivity (Wildman–Crippen MR) is 82.0 cm³/mol. The van der Waals surface area contributed by atoms with Crippen LogP contribution in [-0.2, 0) is 0 Å². The molecule has 1 aromatic rings. The molecule has 1 aliphatic rings. The summed E-state index contributed by atoms with van der Waals surface area (Å²) in [6.45, 7) is 5.03. The van der Waals surface area contributed by atoms with Gasteiger partial charge in [0.1, 0.15) is 5.82 Å². The zero-order valence-electron chi connectivity index (χ0n) is 12.9. The molecule has 0 radical (unpaired) electrons. The molecular weight excluding hydrogens is 251 g/mol. The third-order valence-electron chi connectivity index (χ3n) is 5.27. The smallest absolute Gasteiger partial charge is 0.127 e. The molecule has 1 atom stereocenters. The lowest BCUT2D eigenvalue weighted by Crippen LogP contribution is -2.54. The predicted octanol–water partition coefficient (Wildman–Crippen LogP) is 3.73. The van der Waals surface area contributed by atoms with Crippen LogP contribution in [0, 0.1) is 11.7 Å². The van der Waals surface area contributed by atoms with Gasteiger partial charge in [-0.05, 0) is 51.6 Å². The van der Waals surface area contributed by atoms with Gasteiger partial charge in [-0.2, -0.15) is 0 Å². The molecule has 0 spiro atoms. The maximum atomic E-state index is 14.0. The summed E-state index contributed by atoms with van der Waals surface area (Å²) in [5.41, 5.74) is 6.89. The molecule has 0 saturated heterocycles. The Balaban J connectivity index is 2.20. The van der Waals surface area contributed by atoms with E-state index in [1.165, 1.54) is 18.9 Å². The summed E-state index contributed by atoms with van der Waals surface area (Å²) in [5, 5.41) is 0. The Hall–Kier alpha value is -0.930. The van der Waals surface area contributed by atoms with E-state index < -0.39 is 0 Å². The largest absolute Gasteiger partial charge is 0.329 e. The highest BCUT2D eigenvalue weighted by molar-refractivity contribution is 5.21. The Kier molecular flexibility index (Phi) is 4.82. The van der Waals surface area contributed by atoms with Crippen LogP contribution in [0.25, 0.3) is 0 Å². The zero-order valence-corrected chi connectivity index (χ0v) is 12.9. The average Bonchev–Trinajstić information content (AvgIpc) is 2.47. The lowest BCUT2D eigenvalue weighted by atomic mass is 9.75. The van der Waals surface area contributed by atoms with Crippen LogP contribution in [0.4, 0.5) is 4.39 Å². The standard InChI is InChI=1S/C17H27FN2/c1-13-8-10-17(12-19,11-9-13)20(3)14(2)15-6-4-5-7-16(15)18/h4-7,13-14H,8-12,19H2,1-3H3. The third kappa shape index (κ3) is 2.89. The number of hydrogen-bond acceptors (Lipinski definition) is 2. The van der Waals surface area contributed by atoms with E-state index in [1.54, 1.807) is 6.07 Å². The van der Waals surface area contributed by atoms with Gasteiger partial charge in [-0.25, -0.2) is 4.39 Å². The van der Waals surface area contributed by atoms with Crippen LogP contribution in [0.15, 0.2) is 24.3 Å². The fourth-order valence-corrected chi connectivity index (χ4v) is 3.43. The molecular formula is C17H27FN2. The van der Waals surface area contributed by atoms with Gasteiger partial charge < -0.3 is 5.73 Å². The summed E-state index contributed by atoms with van der Waals surface area (Å²) in [5.74, 6) is 0.662. The minimum Gasteiger partial charge on any atom is -0.329 e. The normalized spacial score (nSPS) is 28.6. The van der Waals surface area contributed by atoms with Crippen LogP contribution in [0.3, 0.4) is 0 Å². The zero-order chi connectivity index (χ0) is 14.8. The number of likely N-dealkylation sites (N-methyl/N-ethyl adjacent to an activating group) is 1. The summed E-state index contributed by atoms with van der Waals surface area (Å²) >= 11 is 0. The molecule has 112 valence electrons. The second kappa shape index (κ2) is 6.23. The van der Waals surface area contributed by atoms with Gasteiger partial charge >= 0.3 is 0 Å². The van der Waals surface area contributed by atoms with Crippen molar-refractivity contribution in [2.45, 2.75) is 51.1 Å². The molecule has 0 amide bonds. The van der Waals surface area contributed by atoms with Crippen molar-refractivity contribution < 1.29 is 4.39 Å². The SMILES string of the molecule is CC1CCC(CN)(N(C)C(C)c2ccccc2F)CC1. The first-order chi connectivity index (χ1) is 9.50. The Morgan fingerprint density at radius 1 is 1.35 bits per heavy atom. The number of hydrogen-bond donors (Lipinski definition) is 1. The lowest BCUT2D eigenvalue weighted by Gasteiger charge is -2.48. The summed E-state index contributed by atoms with van der Waals surface area (Å²) < 4.78 is 14.0. The number of nitrogens with zero attached hydrogens (tertiary/aromatic N) is 1. The van der Waals surface area contributed by atoms with Crippen LogP contribution in [-0.4, -0.2) is 24.0 Å². The van der Waals surface area contributed by atoms with Gasteiger partial charge in [0.05, 0.1) is 0 Å². The van der Waals surface area contributed by atoms with Crippen LogP contribution in [0.5, 0.6) is 0 Å². The van der Waals surface area contributed by atoms with Crippen molar-refractivity contribution >= 4 is 0 Å². The minimum absolute atomic E-state index is 0.0220. The lowest BCUT2D eigenvalue weighted by molar-refractivity contribution is 0.0363. The molecule has 3 heteroatoms. The number of rotatable bonds is 4. The molecule has 1 aromatic carbocycles. The van der Waals surface area contributed by atoms with E-state index in [9.17, 15) is 4.39 Å². The van der Waals surface area contributed by atoms with Gasteiger partial charge in [0.25, 0.3) is 0 Å². The quantitative estimate of drug-likeness (QED) is 0.909. The molecule has 20 heavy (non-hydrogen) atoms. The molecule has 1 unspecified atom stereocenters. The van der Waals surface area contributed by atoms with Crippen LogP contribution in [0.2, 0.25) is 0 Å². The number of benzene rings is 1. The van der Waals surface area contributed by atoms with E-state index >= 15 is 0 Å². The first-order valence-electron chi connectivity index (χ1n) is 7.67. The Labute approximate surface area is 122 Å². The fraction of sp³-hybridized carbons (Fsp3) is 0.647. The summed E-state index contributed by atoms with van der Waals surface area (Å²) in [7, 11) is 2.10. The monoisotopic (exact) mass is 278 g/mol. The molecule has 0 aromatic heterocycles. The topological polar surface area (TPSA) is 29.3 Å². The maximum Gasteiger partial charge on any atom is 0.127 e. The fourth-order valence-electron chi connectivity index (χ4n) is 3.43. The second-order valence-corrected chi connectivity index (χ2v) is 6.42. The van der Waals surface area contributed by atoms with E-state index in [-0.39, 0.29) is 17.4 Å². The van der Waals surface area contributed by atoms with Gasteiger partial charge in [0.2, 0.25) is 0 Å². The summed E-state index contributed by atoms with van der Waals surface area (Å²) in [6, 6.07) is 7.12. The molecule has 1 aliphatic carbocycles. The molecule has 2 nitrogen and oxygen atoms in total. The minimum atomic E-state index is -0.122. The van der Waals surface area contributed by atoms with Crippen LogP contribution < -0.4 is 5.73 Å². The van der Waals surface area contributed by atoms with Gasteiger partial charge in [-0.3, -0.25) is 4.90 Å². The highest BCUT2D eigenvalue weighted by atomic mass is 19.1. The highest BCUT2D eigenvalue weighted by Gasteiger charge is 2.39. The number of nitrogens with two attached hydrogens (primary N) is 1. The maximum absolute atomic E-state index is 14.0. The molecule has 1 fully saturated rings. The van der Waals surface area contributed by atoms with Gasteiger partial charge in [-0.1, -0.05) is 25.1 Å². The molecule has 0 aliphatic heterocycles. The second-order valence-electron chi connectivity index (χ2n) is 6.42. The summed E-state index contributed by atoms with van der Waals surface area (Å²) in [4.78, 5) is 2.30. The average molecular weight is 278 g/mol. The molecule has 2 N–H and O–H groups in total. The van der Waals surface area contributed by atoms with Crippen molar-refractivity contribution in [3.63, 3.8) is 0 Å². The summed E-state index contributed by atoms with van der Waals surface area (Å²) in [6.07, 6.45) is 4.65. The first-order valence-corrected chi connectivity index (χ1v) is 7.67. The first kappa shape index (κ1) is 15.5. The van der Waals surface area contributed by atoms with Gasteiger partial charge in [0, 0.05) is 23.7 Å². The number of halogens is 1. The molecule has 0 bridgehead atoms. The van der Waals surface area contributed by atoms with Crippen molar-refractivity contribution in [3.8, 4) is 0 Å². The van der Waals surface area contributed by atoms with E-state index in [0.29, 0.717) is 6.54 Å². The van der Waals surface area contributed by atoms with E-state index in [0.717, 1.165) is 24.3 Å². The third-order valence-corrected chi connectivity index (χ3v) is 5.27. The van der Waals surface area contributed by atoms with Crippen molar-refractivity contribution in [3.05, 3.63) is 35.6 Å². The van der Waals surface area contributed by atoms with E-state index in [4.69, 9.17) is 5.73 Å². The van der Waals surface area contributed by atoms with Crippen molar-refractivity contribution in [2.75, 3.05) is 13.6 Å². The molecule has 0 heterocycles. The Morgan fingerprint density at radius 3 is 2.50 bits per heavy atom. The van der Waals surface area contributed by atoms with Crippen molar-refractivity contribution in [1.29, 1.82) is 0 Å². The highest BCUT2D eigenvalue weighted by Crippen LogP contribution is 2.39. The van der Waals surface area contributed by atoms with Gasteiger partial charge in [-0.15, -0.1) is 0 Å². The van der Waals surface area contributed by atoms with Crippen LogP contribution >= 0.6 is 0 Å². The Morgan fingerprint density at radius 2 is 1.95 bits per heavy atom. The van der Waals surface area contributed by atoms with Crippen molar-refractivity contribution in [1.82, 2.24) is 4.90 Å². The van der Waals surface area contributed by atoms with Crippen LogP contribution in [0.1, 0.15) is 51.1 Å². The van der Waals surface area contributed by atoms with E-state index in [1.807, 2.05) is 12.1 Å². The van der Waals surface area contributed by atoms with E-state index in [2.05, 4.69) is 25.8 Å². The van der Waals surface area contributed by atoms with Crippen molar-refractivity contribution in [2.24, 2.45) is 11.7 Å². The van der Waals surface area contributed by atoms with Gasteiger partial charge in [0.15, 0.2) is 0 Å². The molecule has 1 saturated carbocycles.